The van der Waals surface area contributed by atoms with E-state index in [9.17, 15) is 4.79 Å². The lowest BCUT2D eigenvalue weighted by atomic mass is 10.0. The first kappa shape index (κ1) is 12.3. The van der Waals surface area contributed by atoms with Crippen molar-refractivity contribution in [1.82, 2.24) is 9.97 Å². The third-order valence-corrected chi connectivity index (χ3v) is 3.07. The Balaban J connectivity index is 2.08. The number of carbonyl (C=O) groups is 1. The van der Waals surface area contributed by atoms with E-state index in [4.69, 9.17) is 4.74 Å². The van der Waals surface area contributed by atoms with Crippen LogP contribution in [0.2, 0.25) is 0 Å². The quantitative estimate of drug-likeness (QED) is 0.682. The van der Waals surface area contributed by atoms with Gasteiger partial charge < -0.3 is 4.74 Å². The van der Waals surface area contributed by atoms with Gasteiger partial charge in [-0.2, -0.15) is 0 Å². The molecular formula is C16H12N2O2. The van der Waals surface area contributed by atoms with Gasteiger partial charge in [-0.25, -0.2) is 4.98 Å². The summed E-state index contributed by atoms with van der Waals surface area (Å²) in [7, 11) is 1.50. The van der Waals surface area contributed by atoms with Crippen LogP contribution in [0.25, 0.3) is 10.9 Å². The van der Waals surface area contributed by atoms with Crippen molar-refractivity contribution >= 4 is 16.7 Å². The number of fused-ring (bicyclic) bond motifs is 1. The van der Waals surface area contributed by atoms with Gasteiger partial charge >= 0.3 is 0 Å². The molecule has 0 unspecified atom stereocenters. The van der Waals surface area contributed by atoms with Crippen LogP contribution in [0.3, 0.4) is 0 Å². The summed E-state index contributed by atoms with van der Waals surface area (Å²) in [4.78, 5) is 20.8. The van der Waals surface area contributed by atoms with Crippen LogP contribution < -0.4 is 4.74 Å². The number of pyridine rings is 2. The van der Waals surface area contributed by atoms with Gasteiger partial charge in [0.15, 0.2) is 5.78 Å². The summed E-state index contributed by atoms with van der Waals surface area (Å²) in [6, 6.07) is 12.6. The summed E-state index contributed by atoms with van der Waals surface area (Å²) in [5.74, 6) is 0.226. The zero-order chi connectivity index (χ0) is 13.9. The number of ether oxygens (including phenoxy) is 1. The molecule has 0 fully saturated rings. The van der Waals surface area contributed by atoms with Crippen LogP contribution in [-0.2, 0) is 0 Å². The summed E-state index contributed by atoms with van der Waals surface area (Å²) in [6.07, 6.45) is 3.33. The summed E-state index contributed by atoms with van der Waals surface area (Å²) >= 11 is 0. The molecule has 3 aromatic rings. The molecule has 0 radical (unpaired) electrons. The summed E-state index contributed by atoms with van der Waals surface area (Å²) in [5, 5.41) is 0.932. The molecule has 20 heavy (non-hydrogen) atoms. The smallest absolute Gasteiger partial charge is 0.224 e. The molecule has 0 amide bonds. The number of methoxy groups -OCH3 is 1. The molecular weight excluding hydrogens is 252 g/mol. The van der Waals surface area contributed by atoms with E-state index in [1.807, 2.05) is 24.3 Å². The van der Waals surface area contributed by atoms with Crippen LogP contribution in [0.15, 0.2) is 54.9 Å². The van der Waals surface area contributed by atoms with Gasteiger partial charge in [0.1, 0.15) is 0 Å². The van der Waals surface area contributed by atoms with E-state index in [0.717, 1.165) is 10.9 Å². The Bertz CT molecular complexity index is 784. The molecule has 0 aliphatic heterocycles. The molecule has 98 valence electrons. The number of ketones is 1. The normalized spacial score (nSPS) is 10.4. The second kappa shape index (κ2) is 5.09. The fraction of sp³-hybridized carbons (Fsp3) is 0.0625. The minimum absolute atomic E-state index is 0.110. The Morgan fingerprint density at radius 1 is 1.05 bits per heavy atom. The number of nitrogens with zero attached hydrogens (tertiary/aromatic N) is 2. The molecule has 2 heterocycles. The number of rotatable bonds is 3. The minimum atomic E-state index is -0.110. The summed E-state index contributed by atoms with van der Waals surface area (Å²) < 4.78 is 5.13. The zero-order valence-electron chi connectivity index (χ0n) is 10.9. The second-order valence-corrected chi connectivity index (χ2v) is 4.30. The van der Waals surface area contributed by atoms with Crippen molar-refractivity contribution in [1.29, 1.82) is 0 Å². The van der Waals surface area contributed by atoms with Gasteiger partial charge in [0.2, 0.25) is 5.88 Å². The van der Waals surface area contributed by atoms with E-state index in [1.165, 1.54) is 7.11 Å². The molecule has 0 saturated heterocycles. The molecule has 0 spiro atoms. The number of carbonyl (C=O) groups excluding carboxylic acids is 1. The lowest BCUT2D eigenvalue weighted by Crippen LogP contribution is -2.05. The standard InChI is InChI=1S/C16H12N2O2/c1-20-16-13(5-3-9-18-16)15(19)12-6-7-14-11(10-12)4-2-8-17-14/h2-10H,1H3. The monoisotopic (exact) mass is 264 g/mol. The summed E-state index contributed by atoms with van der Waals surface area (Å²) in [6.45, 7) is 0. The average Bonchev–Trinajstić information content (AvgIpc) is 2.53. The predicted molar refractivity (Wildman–Crippen MR) is 76.0 cm³/mol. The maximum Gasteiger partial charge on any atom is 0.224 e. The van der Waals surface area contributed by atoms with E-state index in [0.29, 0.717) is 17.0 Å². The Hall–Kier alpha value is -2.75. The van der Waals surface area contributed by atoms with Gasteiger partial charge in [-0.05, 0) is 36.4 Å². The van der Waals surface area contributed by atoms with Crippen LogP contribution in [0.5, 0.6) is 5.88 Å². The van der Waals surface area contributed by atoms with Crippen molar-refractivity contribution in [3.63, 3.8) is 0 Å². The van der Waals surface area contributed by atoms with Gasteiger partial charge in [0.25, 0.3) is 0 Å². The van der Waals surface area contributed by atoms with E-state index in [1.54, 1.807) is 30.6 Å². The third kappa shape index (κ3) is 2.12. The molecule has 0 atom stereocenters. The number of benzene rings is 1. The van der Waals surface area contributed by atoms with Gasteiger partial charge in [-0.3, -0.25) is 9.78 Å². The van der Waals surface area contributed by atoms with Crippen LogP contribution in [0, 0.1) is 0 Å². The fourth-order valence-electron chi connectivity index (χ4n) is 2.10. The fourth-order valence-corrected chi connectivity index (χ4v) is 2.10. The van der Waals surface area contributed by atoms with Crippen molar-refractivity contribution in [2.24, 2.45) is 0 Å². The Morgan fingerprint density at radius 2 is 1.85 bits per heavy atom. The minimum Gasteiger partial charge on any atom is -0.480 e. The number of aromatic nitrogens is 2. The lowest BCUT2D eigenvalue weighted by Gasteiger charge is -2.06. The summed E-state index contributed by atoms with van der Waals surface area (Å²) in [5.41, 5.74) is 1.91. The van der Waals surface area contributed by atoms with Crippen LogP contribution in [0.1, 0.15) is 15.9 Å². The molecule has 0 bridgehead atoms. The maximum atomic E-state index is 12.5. The van der Waals surface area contributed by atoms with Crippen LogP contribution >= 0.6 is 0 Å². The highest BCUT2D eigenvalue weighted by molar-refractivity contribution is 6.11. The SMILES string of the molecule is COc1ncccc1C(=O)c1ccc2ncccc2c1. The highest BCUT2D eigenvalue weighted by Crippen LogP contribution is 2.21. The Morgan fingerprint density at radius 3 is 2.70 bits per heavy atom. The zero-order valence-corrected chi connectivity index (χ0v) is 10.9. The number of hydrogen-bond acceptors (Lipinski definition) is 4. The third-order valence-electron chi connectivity index (χ3n) is 3.07. The molecule has 3 rings (SSSR count). The first-order chi connectivity index (χ1) is 9.79. The Labute approximate surface area is 116 Å². The van der Waals surface area contributed by atoms with E-state index >= 15 is 0 Å². The van der Waals surface area contributed by atoms with Crippen molar-refractivity contribution in [3.8, 4) is 5.88 Å². The van der Waals surface area contributed by atoms with Gasteiger partial charge in [0.05, 0.1) is 18.2 Å². The molecule has 0 aliphatic rings. The highest BCUT2D eigenvalue weighted by Gasteiger charge is 2.15. The topological polar surface area (TPSA) is 52.1 Å². The molecule has 1 aromatic carbocycles. The van der Waals surface area contributed by atoms with Crippen molar-refractivity contribution in [2.45, 2.75) is 0 Å². The molecule has 0 N–H and O–H groups in total. The molecule has 2 aromatic heterocycles. The van der Waals surface area contributed by atoms with Gasteiger partial charge in [0, 0.05) is 23.3 Å². The first-order valence-corrected chi connectivity index (χ1v) is 6.18. The van der Waals surface area contributed by atoms with Crippen LogP contribution in [-0.4, -0.2) is 22.9 Å². The maximum absolute atomic E-state index is 12.5. The van der Waals surface area contributed by atoms with Gasteiger partial charge in [-0.1, -0.05) is 6.07 Å². The second-order valence-electron chi connectivity index (χ2n) is 4.30. The van der Waals surface area contributed by atoms with Crippen molar-refractivity contribution in [3.05, 3.63) is 66.0 Å². The molecule has 4 heteroatoms. The molecule has 0 aliphatic carbocycles. The van der Waals surface area contributed by atoms with Gasteiger partial charge in [-0.15, -0.1) is 0 Å². The largest absolute Gasteiger partial charge is 0.480 e. The van der Waals surface area contributed by atoms with E-state index in [2.05, 4.69) is 9.97 Å². The van der Waals surface area contributed by atoms with Crippen molar-refractivity contribution < 1.29 is 9.53 Å². The number of hydrogen-bond donors (Lipinski definition) is 0. The van der Waals surface area contributed by atoms with Crippen LogP contribution in [0.4, 0.5) is 0 Å². The average molecular weight is 264 g/mol. The van der Waals surface area contributed by atoms with Crippen molar-refractivity contribution in [2.75, 3.05) is 7.11 Å². The predicted octanol–water partition coefficient (Wildman–Crippen LogP) is 2.87. The highest BCUT2D eigenvalue weighted by atomic mass is 16.5. The van der Waals surface area contributed by atoms with E-state index < -0.39 is 0 Å². The lowest BCUT2D eigenvalue weighted by molar-refractivity contribution is 0.103. The molecule has 4 nitrogen and oxygen atoms in total. The first-order valence-electron chi connectivity index (χ1n) is 6.18. The Kier molecular flexibility index (Phi) is 3.13. The molecule has 0 saturated carbocycles. The van der Waals surface area contributed by atoms with E-state index in [-0.39, 0.29) is 5.78 Å².